The van der Waals surface area contributed by atoms with Crippen molar-refractivity contribution < 1.29 is 23.9 Å². The summed E-state index contributed by atoms with van der Waals surface area (Å²) in [6, 6.07) is 15.2. The van der Waals surface area contributed by atoms with Crippen molar-refractivity contribution in [3.05, 3.63) is 70.6 Å². The van der Waals surface area contributed by atoms with Crippen molar-refractivity contribution in [2.24, 2.45) is 0 Å². The van der Waals surface area contributed by atoms with Gasteiger partial charge >= 0.3 is 11.9 Å². The van der Waals surface area contributed by atoms with Crippen molar-refractivity contribution in [1.82, 2.24) is 4.98 Å². The Bertz CT molecular complexity index is 1030. The summed E-state index contributed by atoms with van der Waals surface area (Å²) in [5, 5.41) is 2.97. The Morgan fingerprint density at radius 3 is 2.24 bits per heavy atom. The van der Waals surface area contributed by atoms with E-state index in [1.807, 2.05) is 30.3 Å². The first-order valence-corrected chi connectivity index (χ1v) is 9.58. The fraction of sp³-hybridized carbons (Fsp3) is 0.143. The van der Waals surface area contributed by atoms with Gasteiger partial charge in [0, 0.05) is 11.1 Å². The number of carbonyl (C=O) groups excluding carboxylic acids is 3. The van der Waals surface area contributed by atoms with Crippen LogP contribution in [0.3, 0.4) is 0 Å². The van der Waals surface area contributed by atoms with Crippen LogP contribution in [0.1, 0.15) is 37.3 Å². The minimum Gasteiger partial charge on any atom is -0.465 e. The number of benzene rings is 2. The highest BCUT2D eigenvalue weighted by Crippen LogP contribution is 2.32. The van der Waals surface area contributed by atoms with Gasteiger partial charge in [-0.15, -0.1) is 0 Å². The summed E-state index contributed by atoms with van der Waals surface area (Å²) in [6.45, 7) is 1.96. The number of hydrogen-bond acceptors (Lipinski definition) is 7. The first-order valence-electron chi connectivity index (χ1n) is 8.76. The Labute approximate surface area is 171 Å². The lowest BCUT2D eigenvalue weighted by atomic mass is 10.1. The minimum atomic E-state index is -0.494. The molecule has 0 atom stereocenters. The molecule has 0 aliphatic rings. The third kappa shape index (κ3) is 4.67. The third-order valence-corrected chi connectivity index (χ3v) is 4.87. The molecule has 7 nitrogen and oxygen atoms in total. The molecule has 8 heteroatoms. The molecular formula is C21H18N2O5S. The summed E-state index contributed by atoms with van der Waals surface area (Å²) in [5.74, 6) is -1.39. The van der Waals surface area contributed by atoms with Gasteiger partial charge in [0.2, 0.25) is 0 Å². The fourth-order valence-corrected chi connectivity index (χ4v) is 3.42. The maximum atomic E-state index is 12.5. The van der Waals surface area contributed by atoms with E-state index in [4.69, 9.17) is 4.74 Å². The number of aromatic nitrogens is 1. The van der Waals surface area contributed by atoms with Crippen LogP contribution in [0.25, 0.3) is 11.3 Å². The van der Waals surface area contributed by atoms with Crippen LogP contribution in [-0.4, -0.2) is 36.5 Å². The molecule has 0 aliphatic carbocycles. The van der Waals surface area contributed by atoms with E-state index in [1.54, 1.807) is 6.92 Å². The maximum absolute atomic E-state index is 12.5. The molecule has 0 saturated carbocycles. The Morgan fingerprint density at radius 2 is 1.62 bits per heavy atom. The molecular weight excluding hydrogens is 392 g/mol. The first-order chi connectivity index (χ1) is 14.0. The normalized spacial score (nSPS) is 10.3. The van der Waals surface area contributed by atoms with Crippen LogP contribution in [-0.2, 0) is 9.47 Å². The van der Waals surface area contributed by atoms with Crippen molar-refractivity contribution in [2.45, 2.75) is 6.92 Å². The summed E-state index contributed by atoms with van der Waals surface area (Å²) < 4.78 is 9.76. The van der Waals surface area contributed by atoms with Gasteiger partial charge in [-0.2, -0.15) is 0 Å². The SMILES string of the molecule is CCOC(=O)c1sc(NC(=O)c2ccc(C(=O)OC)cc2)nc1-c1ccccc1. The van der Waals surface area contributed by atoms with E-state index in [0.717, 1.165) is 16.9 Å². The van der Waals surface area contributed by atoms with Crippen LogP contribution in [0.4, 0.5) is 5.13 Å². The fourth-order valence-electron chi connectivity index (χ4n) is 2.55. The summed E-state index contributed by atoms with van der Waals surface area (Å²) in [6.07, 6.45) is 0. The molecule has 0 bridgehead atoms. The molecule has 0 fully saturated rings. The number of anilines is 1. The highest BCUT2D eigenvalue weighted by atomic mass is 32.1. The Hall–Kier alpha value is -3.52. The third-order valence-electron chi connectivity index (χ3n) is 3.92. The van der Waals surface area contributed by atoms with Crippen LogP contribution >= 0.6 is 11.3 Å². The van der Waals surface area contributed by atoms with Crippen molar-refractivity contribution in [3.63, 3.8) is 0 Å². The number of rotatable bonds is 6. The molecule has 1 heterocycles. The number of esters is 2. The topological polar surface area (TPSA) is 94.6 Å². The predicted molar refractivity (Wildman–Crippen MR) is 109 cm³/mol. The van der Waals surface area contributed by atoms with E-state index >= 15 is 0 Å². The van der Waals surface area contributed by atoms with Crippen molar-refractivity contribution in [1.29, 1.82) is 0 Å². The average Bonchev–Trinajstić information content (AvgIpc) is 3.18. The molecule has 1 amide bonds. The van der Waals surface area contributed by atoms with Crippen LogP contribution in [0.2, 0.25) is 0 Å². The van der Waals surface area contributed by atoms with Gasteiger partial charge in [0.15, 0.2) is 5.13 Å². The zero-order valence-corrected chi connectivity index (χ0v) is 16.6. The van der Waals surface area contributed by atoms with E-state index in [2.05, 4.69) is 15.0 Å². The van der Waals surface area contributed by atoms with Crippen LogP contribution in [0.15, 0.2) is 54.6 Å². The number of methoxy groups -OCH3 is 1. The zero-order valence-electron chi connectivity index (χ0n) is 15.8. The number of amides is 1. The number of hydrogen-bond donors (Lipinski definition) is 1. The van der Waals surface area contributed by atoms with Gasteiger partial charge in [0.1, 0.15) is 4.88 Å². The van der Waals surface area contributed by atoms with E-state index in [0.29, 0.717) is 21.7 Å². The molecule has 0 unspecified atom stereocenters. The maximum Gasteiger partial charge on any atom is 0.350 e. The lowest BCUT2D eigenvalue weighted by Gasteiger charge is -2.03. The number of nitrogens with zero attached hydrogens (tertiary/aromatic N) is 1. The molecule has 0 saturated heterocycles. The van der Waals surface area contributed by atoms with Gasteiger partial charge < -0.3 is 9.47 Å². The summed E-state index contributed by atoms with van der Waals surface area (Å²) in [7, 11) is 1.29. The molecule has 0 spiro atoms. The molecule has 0 radical (unpaired) electrons. The second kappa shape index (κ2) is 9.11. The molecule has 3 aromatic rings. The molecule has 2 aromatic carbocycles. The second-order valence-electron chi connectivity index (χ2n) is 5.81. The lowest BCUT2D eigenvalue weighted by molar-refractivity contribution is 0.0531. The van der Waals surface area contributed by atoms with Crippen molar-refractivity contribution in [2.75, 3.05) is 19.0 Å². The Morgan fingerprint density at radius 1 is 0.966 bits per heavy atom. The van der Waals surface area contributed by atoms with E-state index in [1.165, 1.54) is 31.4 Å². The Balaban J connectivity index is 1.86. The molecule has 1 N–H and O–H groups in total. The quantitative estimate of drug-likeness (QED) is 0.617. The monoisotopic (exact) mass is 410 g/mol. The average molecular weight is 410 g/mol. The number of thiazole rings is 1. The molecule has 148 valence electrons. The second-order valence-corrected chi connectivity index (χ2v) is 6.81. The number of nitrogens with one attached hydrogen (secondary N) is 1. The summed E-state index contributed by atoms with van der Waals surface area (Å²) >= 11 is 1.05. The summed E-state index contributed by atoms with van der Waals surface area (Å²) in [4.78, 5) is 41.1. The smallest absolute Gasteiger partial charge is 0.350 e. The van der Waals surface area contributed by atoms with Gasteiger partial charge in [-0.05, 0) is 31.2 Å². The van der Waals surface area contributed by atoms with Gasteiger partial charge in [-0.3, -0.25) is 10.1 Å². The van der Waals surface area contributed by atoms with Crippen LogP contribution in [0.5, 0.6) is 0 Å². The predicted octanol–water partition coefficient (Wildman–Crippen LogP) is 4.03. The van der Waals surface area contributed by atoms with Crippen molar-refractivity contribution in [3.8, 4) is 11.3 Å². The van der Waals surface area contributed by atoms with E-state index in [-0.39, 0.29) is 11.7 Å². The largest absolute Gasteiger partial charge is 0.465 e. The number of carbonyl (C=O) groups is 3. The highest BCUT2D eigenvalue weighted by molar-refractivity contribution is 7.18. The molecule has 1 aromatic heterocycles. The lowest BCUT2D eigenvalue weighted by Crippen LogP contribution is -2.12. The van der Waals surface area contributed by atoms with Gasteiger partial charge in [-0.25, -0.2) is 14.6 Å². The van der Waals surface area contributed by atoms with Gasteiger partial charge in [0.05, 0.1) is 25.0 Å². The van der Waals surface area contributed by atoms with Crippen molar-refractivity contribution >= 4 is 34.3 Å². The van der Waals surface area contributed by atoms with Gasteiger partial charge in [-0.1, -0.05) is 41.7 Å². The molecule has 3 rings (SSSR count). The van der Waals surface area contributed by atoms with Gasteiger partial charge in [0.25, 0.3) is 5.91 Å². The van der Waals surface area contributed by atoms with Crippen LogP contribution in [0, 0.1) is 0 Å². The van der Waals surface area contributed by atoms with Crippen LogP contribution < -0.4 is 5.32 Å². The summed E-state index contributed by atoms with van der Waals surface area (Å²) in [5.41, 5.74) is 1.88. The van der Waals surface area contributed by atoms with E-state index in [9.17, 15) is 14.4 Å². The highest BCUT2D eigenvalue weighted by Gasteiger charge is 2.22. The minimum absolute atomic E-state index is 0.235. The first kappa shape index (κ1) is 20.2. The van der Waals surface area contributed by atoms with E-state index < -0.39 is 17.8 Å². The standard InChI is InChI=1S/C21H18N2O5S/c1-3-28-20(26)17-16(13-7-5-4-6-8-13)22-21(29-17)23-18(24)14-9-11-15(12-10-14)19(25)27-2/h4-12H,3H2,1-2H3,(H,22,23,24). The zero-order chi connectivity index (χ0) is 20.8. The Kier molecular flexibility index (Phi) is 6.36. The number of ether oxygens (including phenoxy) is 2. The molecule has 0 aliphatic heterocycles. The molecule has 29 heavy (non-hydrogen) atoms.